The van der Waals surface area contributed by atoms with Gasteiger partial charge in [0.2, 0.25) is 0 Å². The summed E-state index contributed by atoms with van der Waals surface area (Å²) in [6.07, 6.45) is 3.27. The van der Waals surface area contributed by atoms with Gasteiger partial charge in [0.05, 0.1) is 9.95 Å². The Hall–Kier alpha value is -3.11. The first-order valence-electron chi connectivity index (χ1n) is 7.95. The largest absolute Gasteiger partial charge is 0.457 e. The van der Waals surface area contributed by atoms with Crippen molar-refractivity contribution in [2.75, 3.05) is 13.1 Å². The standard InChI is InChI=1S/C18H14ClN3O4/c19-16-10-13(22(24)25)3-5-15(16)17-6-4-14(26-17)9-12(11-20)18(23)21-7-1-2-8-21/h3-6,9-10H,1-2,7-8H2/b12-9+. The summed E-state index contributed by atoms with van der Waals surface area (Å²) in [5.74, 6) is 0.414. The van der Waals surface area contributed by atoms with Gasteiger partial charge in [-0.15, -0.1) is 0 Å². The summed E-state index contributed by atoms with van der Waals surface area (Å²) in [6.45, 7) is 1.30. The number of carbonyl (C=O) groups excluding carboxylic acids is 1. The predicted molar refractivity (Wildman–Crippen MR) is 95.2 cm³/mol. The Morgan fingerprint density at radius 1 is 1.31 bits per heavy atom. The molecular weight excluding hydrogens is 358 g/mol. The molecule has 1 saturated heterocycles. The highest BCUT2D eigenvalue weighted by Crippen LogP contribution is 2.32. The lowest BCUT2D eigenvalue weighted by Crippen LogP contribution is -2.28. The van der Waals surface area contributed by atoms with Gasteiger partial charge in [0.15, 0.2) is 0 Å². The van der Waals surface area contributed by atoms with Crippen LogP contribution in [0.4, 0.5) is 5.69 Å². The molecule has 1 amide bonds. The highest BCUT2D eigenvalue weighted by molar-refractivity contribution is 6.33. The summed E-state index contributed by atoms with van der Waals surface area (Å²) in [6, 6.07) is 9.23. The first-order chi connectivity index (χ1) is 12.5. The third-order valence-electron chi connectivity index (χ3n) is 4.09. The van der Waals surface area contributed by atoms with Gasteiger partial charge in [0, 0.05) is 36.9 Å². The molecule has 0 unspecified atom stereocenters. The van der Waals surface area contributed by atoms with Crippen LogP contribution in [0, 0.1) is 21.4 Å². The second-order valence-electron chi connectivity index (χ2n) is 5.79. The molecule has 1 aromatic heterocycles. The molecule has 0 saturated carbocycles. The predicted octanol–water partition coefficient (Wildman–Crippen LogP) is 4.04. The fourth-order valence-electron chi connectivity index (χ4n) is 2.77. The average Bonchev–Trinajstić information content (AvgIpc) is 3.31. The van der Waals surface area contributed by atoms with Gasteiger partial charge < -0.3 is 9.32 Å². The van der Waals surface area contributed by atoms with E-state index in [1.54, 1.807) is 17.0 Å². The smallest absolute Gasteiger partial charge is 0.270 e. The Morgan fingerprint density at radius 2 is 2.04 bits per heavy atom. The van der Waals surface area contributed by atoms with Crippen LogP contribution < -0.4 is 0 Å². The van der Waals surface area contributed by atoms with Crippen LogP contribution in [0.25, 0.3) is 17.4 Å². The monoisotopic (exact) mass is 371 g/mol. The molecule has 0 aliphatic carbocycles. The minimum absolute atomic E-state index is 0.00240. The molecule has 1 fully saturated rings. The number of hydrogen-bond acceptors (Lipinski definition) is 5. The number of benzene rings is 1. The summed E-state index contributed by atoms with van der Waals surface area (Å²) in [4.78, 5) is 24.2. The zero-order chi connectivity index (χ0) is 18.7. The number of nitro benzene ring substituents is 1. The van der Waals surface area contributed by atoms with Gasteiger partial charge in [-0.3, -0.25) is 14.9 Å². The van der Waals surface area contributed by atoms with Crippen LogP contribution in [0.3, 0.4) is 0 Å². The average molecular weight is 372 g/mol. The number of nitrogens with zero attached hydrogens (tertiary/aromatic N) is 3. The fraction of sp³-hybridized carbons (Fsp3) is 0.222. The number of likely N-dealkylation sites (tertiary alicyclic amines) is 1. The quantitative estimate of drug-likeness (QED) is 0.349. The Bertz CT molecular complexity index is 936. The first-order valence-corrected chi connectivity index (χ1v) is 8.32. The number of furan rings is 1. The second-order valence-corrected chi connectivity index (χ2v) is 6.20. The SMILES string of the molecule is N#C/C(=C\c1ccc(-c2ccc([N+](=O)[O-])cc2Cl)o1)C(=O)N1CCCC1. The van der Waals surface area contributed by atoms with E-state index >= 15 is 0 Å². The highest BCUT2D eigenvalue weighted by atomic mass is 35.5. The number of non-ortho nitro benzene ring substituents is 1. The lowest BCUT2D eigenvalue weighted by atomic mass is 10.1. The van der Waals surface area contributed by atoms with Crippen LogP contribution in [-0.4, -0.2) is 28.8 Å². The van der Waals surface area contributed by atoms with E-state index in [0.29, 0.717) is 30.2 Å². The number of nitriles is 1. The van der Waals surface area contributed by atoms with Crippen molar-refractivity contribution >= 4 is 29.3 Å². The van der Waals surface area contributed by atoms with Crippen molar-refractivity contribution in [1.82, 2.24) is 4.90 Å². The minimum atomic E-state index is -0.533. The van der Waals surface area contributed by atoms with E-state index in [-0.39, 0.29) is 22.2 Å². The van der Waals surface area contributed by atoms with Crippen molar-refractivity contribution in [1.29, 1.82) is 5.26 Å². The lowest BCUT2D eigenvalue weighted by molar-refractivity contribution is -0.384. The topological polar surface area (TPSA) is 100 Å². The van der Waals surface area contributed by atoms with E-state index in [9.17, 15) is 20.2 Å². The molecular formula is C18H14ClN3O4. The molecule has 0 radical (unpaired) electrons. The molecule has 7 nitrogen and oxygen atoms in total. The van der Waals surface area contributed by atoms with Gasteiger partial charge in [0.25, 0.3) is 11.6 Å². The number of halogens is 1. The first kappa shape index (κ1) is 17.7. The molecule has 2 heterocycles. The van der Waals surface area contributed by atoms with Crippen molar-refractivity contribution in [3.63, 3.8) is 0 Å². The van der Waals surface area contributed by atoms with E-state index in [1.165, 1.54) is 24.3 Å². The van der Waals surface area contributed by atoms with Gasteiger partial charge in [-0.25, -0.2) is 0 Å². The maximum absolute atomic E-state index is 12.3. The van der Waals surface area contributed by atoms with Gasteiger partial charge in [0.1, 0.15) is 23.2 Å². The Labute approximate surface area is 154 Å². The van der Waals surface area contributed by atoms with Gasteiger partial charge >= 0.3 is 0 Å². The van der Waals surface area contributed by atoms with Crippen molar-refractivity contribution in [3.05, 3.63) is 56.8 Å². The number of rotatable bonds is 4. The molecule has 1 aromatic carbocycles. The highest BCUT2D eigenvalue weighted by Gasteiger charge is 2.22. The van der Waals surface area contributed by atoms with E-state index in [0.717, 1.165) is 12.8 Å². The zero-order valence-electron chi connectivity index (χ0n) is 13.6. The molecule has 3 rings (SSSR count). The number of hydrogen-bond donors (Lipinski definition) is 0. The minimum Gasteiger partial charge on any atom is -0.457 e. The van der Waals surface area contributed by atoms with Crippen LogP contribution in [0.1, 0.15) is 18.6 Å². The lowest BCUT2D eigenvalue weighted by Gasteiger charge is -2.13. The van der Waals surface area contributed by atoms with Crippen molar-refractivity contribution in [3.8, 4) is 17.4 Å². The van der Waals surface area contributed by atoms with Crippen molar-refractivity contribution in [2.24, 2.45) is 0 Å². The Balaban J connectivity index is 1.86. The van der Waals surface area contributed by atoms with Crippen LogP contribution in [-0.2, 0) is 4.79 Å². The summed E-state index contributed by atoms with van der Waals surface area (Å²) in [7, 11) is 0. The molecule has 1 aliphatic rings. The molecule has 0 spiro atoms. The third kappa shape index (κ3) is 3.60. The summed E-state index contributed by atoms with van der Waals surface area (Å²) < 4.78 is 5.64. The maximum Gasteiger partial charge on any atom is 0.270 e. The number of nitro groups is 1. The van der Waals surface area contributed by atoms with E-state index in [2.05, 4.69) is 0 Å². The van der Waals surface area contributed by atoms with Crippen molar-refractivity contribution in [2.45, 2.75) is 12.8 Å². The van der Waals surface area contributed by atoms with Gasteiger partial charge in [-0.1, -0.05) is 11.6 Å². The number of amides is 1. The second kappa shape index (κ2) is 7.42. The molecule has 132 valence electrons. The van der Waals surface area contributed by atoms with Crippen LogP contribution in [0.5, 0.6) is 0 Å². The zero-order valence-corrected chi connectivity index (χ0v) is 14.4. The van der Waals surface area contributed by atoms with E-state index < -0.39 is 4.92 Å². The van der Waals surface area contributed by atoms with E-state index in [4.69, 9.17) is 16.0 Å². The Morgan fingerprint density at radius 3 is 2.65 bits per heavy atom. The normalized spacial score (nSPS) is 14.3. The van der Waals surface area contributed by atoms with Crippen molar-refractivity contribution < 1.29 is 14.1 Å². The summed E-state index contributed by atoms with van der Waals surface area (Å²) in [5, 5.41) is 20.2. The van der Waals surface area contributed by atoms with Crippen LogP contribution in [0.15, 0.2) is 40.3 Å². The molecule has 26 heavy (non-hydrogen) atoms. The molecule has 0 bridgehead atoms. The molecule has 8 heteroatoms. The van der Waals surface area contributed by atoms with Crippen LogP contribution >= 0.6 is 11.6 Å². The fourth-order valence-corrected chi connectivity index (χ4v) is 3.04. The van der Waals surface area contributed by atoms with E-state index in [1.807, 2.05) is 6.07 Å². The van der Waals surface area contributed by atoms with Gasteiger partial charge in [-0.2, -0.15) is 5.26 Å². The third-order valence-corrected chi connectivity index (χ3v) is 4.40. The molecule has 1 aliphatic heterocycles. The van der Waals surface area contributed by atoms with Gasteiger partial charge in [-0.05, 0) is 31.0 Å². The molecule has 0 N–H and O–H groups in total. The molecule has 2 aromatic rings. The summed E-state index contributed by atoms with van der Waals surface area (Å²) in [5.41, 5.74) is 0.372. The Kier molecular flexibility index (Phi) is 5.05. The van der Waals surface area contributed by atoms with Crippen LogP contribution in [0.2, 0.25) is 5.02 Å². The summed E-state index contributed by atoms with van der Waals surface area (Å²) >= 11 is 6.09. The number of carbonyl (C=O) groups is 1. The maximum atomic E-state index is 12.3. The molecule has 0 atom stereocenters.